The smallest absolute Gasteiger partial charge is 0.255 e. The maximum absolute atomic E-state index is 12.6. The normalized spacial score (nSPS) is 10.3. The van der Waals surface area contributed by atoms with Gasteiger partial charge in [-0.15, -0.1) is 0 Å². The summed E-state index contributed by atoms with van der Waals surface area (Å²) in [5.74, 6) is 1.32. The standard InChI is InChI=1S/C22H23N3O2/c1-15-5-4-6-20(16(15)2)25-22(26)18-11-12-23-21(13-18)24-14-17-7-9-19(27-3)10-8-17/h4-13H,14H2,1-3H3,(H,23,24)(H,25,26). The Hall–Kier alpha value is -3.34. The lowest BCUT2D eigenvalue weighted by molar-refractivity contribution is 0.102. The zero-order valence-electron chi connectivity index (χ0n) is 15.7. The summed E-state index contributed by atoms with van der Waals surface area (Å²) in [6, 6.07) is 17.1. The number of anilines is 2. The predicted octanol–water partition coefficient (Wildman–Crippen LogP) is 4.57. The van der Waals surface area contributed by atoms with Crippen molar-refractivity contribution in [2.75, 3.05) is 17.7 Å². The van der Waals surface area contributed by atoms with Crippen molar-refractivity contribution in [2.24, 2.45) is 0 Å². The fourth-order valence-electron chi connectivity index (χ4n) is 2.69. The molecule has 0 bridgehead atoms. The van der Waals surface area contributed by atoms with Crippen LogP contribution in [0.1, 0.15) is 27.0 Å². The third-order valence-electron chi connectivity index (χ3n) is 4.51. The molecule has 0 saturated carbocycles. The Balaban J connectivity index is 1.67. The van der Waals surface area contributed by atoms with E-state index in [1.807, 2.05) is 56.3 Å². The van der Waals surface area contributed by atoms with Crippen molar-refractivity contribution < 1.29 is 9.53 Å². The fraction of sp³-hybridized carbons (Fsp3) is 0.182. The zero-order valence-corrected chi connectivity index (χ0v) is 15.7. The lowest BCUT2D eigenvalue weighted by atomic mass is 10.1. The van der Waals surface area contributed by atoms with Crippen LogP contribution in [-0.4, -0.2) is 18.0 Å². The van der Waals surface area contributed by atoms with Gasteiger partial charge in [0.15, 0.2) is 0 Å². The number of amides is 1. The number of hydrogen-bond acceptors (Lipinski definition) is 4. The summed E-state index contributed by atoms with van der Waals surface area (Å²) in [6.07, 6.45) is 1.63. The van der Waals surface area contributed by atoms with Gasteiger partial charge in [-0.1, -0.05) is 24.3 Å². The van der Waals surface area contributed by atoms with E-state index in [9.17, 15) is 4.79 Å². The van der Waals surface area contributed by atoms with E-state index < -0.39 is 0 Å². The molecule has 0 radical (unpaired) electrons. The number of aromatic nitrogens is 1. The molecule has 0 saturated heterocycles. The van der Waals surface area contributed by atoms with Crippen molar-refractivity contribution in [3.63, 3.8) is 0 Å². The molecular weight excluding hydrogens is 338 g/mol. The van der Waals surface area contributed by atoms with Crippen LogP contribution in [0, 0.1) is 13.8 Å². The number of methoxy groups -OCH3 is 1. The van der Waals surface area contributed by atoms with Gasteiger partial charge in [0, 0.05) is 24.0 Å². The maximum atomic E-state index is 12.6. The Kier molecular flexibility index (Phi) is 5.71. The van der Waals surface area contributed by atoms with Crippen LogP contribution in [-0.2, 0) is 6.54 Å². The molecule has 2 N–H and O–H groups in total. The summed E-state index contributed by atoms with van der Waals surface area (Å²) in [6.45, 7) is 4.64. The highest BCUT2D eigenvalue weighted by Gasteiger charge is 2.09. The quantitative estimate of drug-likeness (QED) is 0.675. The Morgan fingerprint density at radius 3 is 2.59 bits per heavy atom. The summed E-state index contributed by atoms with van der Waals surface area (Å²) < 4.78 is 5.16. The first-order valence-corrected chi connectivity index (χ1v) is 8.77. The van der Waals surface area contributed by atoms with Crippen molar-refractivity contribution in [1.82, 2.24) is 4.98 Å². The third-order valence-corrected chi connectivity index (χ3v) is 4.51. The number of pyridine rings is 1. The summed E-state index contributed by atoms with van der Waals surface area (Å²) >= 11 is 0. The van der Waals surface area contributed by atoms with Crippen LogP contribution in [0.3, 0.4) is 0 Å². The van der Waals surface area contributed by atoms with E-state index in [0.717, 1.165) is 28.1 Å². The molecule has 0 fully saturated rings. The van der Waals surface area contributed by atoms with E-state index in [1.165, 1.54) is 0 Å². The molecule has 3 aromatic rings. The molecule has 5 nitrogen and oxygen atoms in total. The van der Waals surface area contributed by atoms with Gasteiger partial charge in [0.05, 0.1) is 7.11 Å². The average molecular weight is 361 g/mol. The van der Waals surface area contributed by atoms with E-state index in [4.69, 9.17) is 4.74 Å². The Bertz CT molecular complexity index is 937. The summed E-state index contributed by atoms with van der Waals surface area (Å²) in [5.41, 5.74) is 4.69. The van der Waals surface area contributed by atoms with Crippen LogP contribution in [0.5, 0.6) is 5.75 Å². The third kappa shape index (κ3) is 4.64. The number of rotatable bonds is 6. The lowest BCUT2D eigenvalue weighted by Gasteiger charge is -2.11. The molecule has 1 heterocycles. The summed E-state index contributed by atoms with van der Waals surface area (Å²) in [5, 5.41) is 6.22. The number of aryl methyl sites for hydroxylation is 1. The Morgan fingerprint density at radius 1 is 1.07 bits per heavy atom. The van der Waals surface area contributed by atoms with Crippen molar-refractivity contribution in [3.05, 3.63) is 83.0 Å². The molecule has 0 aliphatic rings. The number of ether oxygens (including phenoxy) is 1. The van der Waals surface area contributed by atoms with Crippen LogP contribution >= 0.6 is 0 Å². The second kappa shape index (κ2) is 8.36. The molecule has 3 rings (SSSR count). The van der Waals surface area contributed by atoms with Crippen molar-refractivity contribution in [3.8, 4) is 5.75 Å². The first-order valence-electron chi connectivity index (χ1n) is 8.77. The van der Waals surface area contributed by atoms with Gasteiger partial charge in [0.1, 0.15) is 11.6 Å². The van der Waals surface area contributed by atoms with E-state index in [-0.39, 0.29) is 5.91 Å². The maximum Gasteiger partial charge on any atom is 0.255 e. The first-order chi connectivity index (χ1) is 13.1. The minimum atomic E-state index is -0.154. The number of carbonyl (C=O) groups excluding carboxylic acids is 1. The Morgan fingerprint density at radius 2 is 1.85 bits per heavy atom. The van der Waals surface area contributed by atoms with Gasteiger partial charge >= 0.3 is 0 Å². The molecular formula is C22H23N3O2. The molecule has 0 aliphatic heterocycles. The minimum Gasteiger partial charge on any atom is -0.497 e. The van der Waals surface area contributed by atoms with Crippen LogP contribution < -0.4 is 15.4 Å². The van der Waals surface area contributed by atoms with Crippen LogP contribution in [0.15, 0.2) is 60.8 Å². The second-order valence-electron chi connectivity index (χ2n) is 6.33. The summed E-state index contributed by atoms with van der Waals surface area (Å²) in [7, 11) is 1.64. The van der Waals surface area contributed by atoms with E-state index in [1.54, 1.807) is 25.4 Å². The molecule has 27 heavy (non-hydrogen) atoms. The monoisotopic (exact) mass is 361 g/mol. The minimum absolute atomic E-state index is 0.154. The van der Waals surface area contributed by atoms with Crippen molar-refractivity contribution >= 4 is 17.4 Å². The number of nitrogens with zero attached hydrogens (tertiary/aromatic N) is 1. The molecule has 0 unspecified atom stereocenters. The van der Waals surface area contributed by atoms with Gasteiger partial charge in [0.2, 0.25) is 0 Å². The highest BCUT2D eigenvalue weighted by atomic mass is 16.5. The van der Waals surface area contributed by atoms with Crippen LogP contribution in [0.25, 0.3) is 0 Å². The predicted molar refractivity (Wildman–Crippen MR) is 108 cm³/mol. The number of hydrogen-bond donors (Lipinski definition) is 2. The molecule has 0 aliphatic carbocycles. The SMILES string of the molecule is COc1ccc(CNc2cc(C(=O)Nc3cccc(C)c3C)ccn2)cc1. The van der Waals surface area contributed by atoms with Gasteiger partial charge in [0.25, 0.3) is 5.91 Å². The van der Waals surface area contributed by atoms with Crippen molar-refractivity contribution in [1.29, 1.82) is 0 Å². The van der Waals surface area contributed by atoms with E-state index in [2.05, 4.69) is 15.6 Å². The zero-order chi connectivity index (χ0) is 19.2. The van der Waals surface area contributed by atoms with Gasteiger partial charge in [-0.05, 0) is 60.9 Å². The van der Waals surface area contributed by atoms with Gasteiger partial charge in [-0.25, -0.2) is 4.98 Å². The number of carbonyl (C=O) groups is 1. The largest absolute Gasteiger partial charge is 0.497 e. The Labute approximate surface area is 159 Å². The highest BCUT2D eigenvalue weighted by molar-refractivity contribution is 6.05. The second-order valence-corrected chi connectivity index (χ2v) is 6.33. The molecule has 1 aromatic heterocycles. The topological polar surface area (TPSA) is 63.2 Å². The first kappa shape index (κ1) is 18.5. The van der Waals surface area contributed by atoms with Gasteiger partial charge in [-0.3, -0.25) is 4.79 Å². The van der Waals surface area contributed by atoms with E-state index >= 15 is 0 Å². The molecule has 0 atom stereocenters. The number of benzene rings is 2. The molecule has 0 spiro atoms. The molecule has 5 heteroatoms. The van der Waals surface area contributed by atoms with Gasteiger partial charge < -0.3 is 15.4 Å². The molecule has 138 valence electrons. The van der Waals surface area contributed by atoms with Crippen LogP contribution in [0.4, 0.5) is 11.5 Å². The fourth-order valence-corrected chi connectivity index (χ4v) is 2.69. The highest BCUT2D eigenvalue weighted by Crippen LogP contribution is 2.19. The number of nitrogens with one attached hydrogen (secondary N) is 2. The lowest BCUT2D eigenvalue weighted by Crippen LogP contribution is -2.14. The molecule has 2 aromatic carbocycles. The molecule has 1 amide bonds. The van der Waals surface area contributed by atoms with Crippen molar-refractivity contribution in [2.45, 2.75) is 20.4 Å². The van der Waals surface area contributed by atoms with Crippen LogP contribution in [0.2, 0.25) is 0 Å². The average Bonchev–Trinajstić information content (AvgIpc) is 2.70. The van der Waals surface area contributed by atoms with Gasteiger partial charge in [-0.2, -0.15) is 0 Å². The van der Waals surface area contributed by atoms with E-state index in [0.29, 0.717) is 17.9 Å². The summed E-state index contributed by atoms with van der Waals surface area (Å²) in [4.78, 5) is 16.9.